The van der Waals surface area contributed by atoms with Gasteiger partial charge in [-0.1, -0.05) is 18.2 Å². The molecule has 0 aliphatic heterocycles. The molecule has 0 unspecified atom stereocenters. The molecule has 6 nitrogen and oxygen atoms in total. The topological polar surface area (TPSA) is 84.5 Å². The molecule has 2 N–H and O–H groups in total. The predicted molar refractivity (Wildman–Crippen MR) is 91.2 cm³/mol. The van der Waals surface area contributed by atoms with Gasteiger partial charge in [0.25, 0.3) is 0 Å². The lowest BCUT2D eigenvalue weighted by Crippen LogP contribution is -2.36. The molecule has 0 aliphatic carbocycles. The second kappa shape index (κ2) is 8.09. The number of carbonyl (C=O) groups is 1. The molecule has 8 heteroatoms. The highest BCUT2D eigenvalue weighted by Crippen LogP contribution is 2.20. The van der Waals surface area contributed by atoms with Crippen molar-refractivity contribution in [1.29, 1.82) is 0 Å². The fourth-order valence-corrected chi connectivity index (χ4v) is 3.39. The zero-order valence-electron chi connectivity index (χ0n) is 13.9. The molecule has 1 amide bonds. The summed E-state index contributed by atoms with van der Waals surface area (Å²) < 4.78 is 45.3. The molecule has 0 radical (unpaired) electrons. The van der Waals surface area contributed by atoms with Crippen LogP contribution in [0.3, 0.4) is 0 Å². The van der Waals surface area contributed by atoms with Crippen LogP contribution < -0.4 is 14.8 Å². The molecule has 0 aliphatic rings. The summed E-state index contributed by atoms with van der Waals surface area (Å²) in [6.07, 6.45) is 0. The van der Waals surface area contributed by atoms with E-state index in [1.807, 2.05) is 0 Å². The molecule has 2 aromatic rings. The molecule has 0 spiro atoms. The van der Waals surface area contributed by atoms with Gasteiger partial charge in [-0.25, -0.2) is 17.5 Å². The van der Waals surface area contributed by atoms with Crippen LogP contribution in [-0.4, -0.2) is 28.0 Å². The molecule has 2 aromatic carbocycles. The van der Waals surface area contributed by atoms with E-state index >= 15 is 0 Å². The summed E-state index contributed by atoms with van der Waals surface area (Å²) in [5, 5.41) is 2.47. The van der Waals surface area contributed by atoms with Crippen molar-refractivity contribution < 1.29 is 22.3 Å². The quantitative estimate of drug-likeness (QED) is 0.782. The third-order valence-electron chi connectivity index (χ3n) is 3.53. The number of hydrogen-bond acceptors (Lipinski definition) is 4. The Morgan fingerprint density at radius 3 is 2.56 bits per heavy atom. The van der Waals surface area contributed by atoms with Gasteiger partial charge >= 0.3 is 0 Å². The van der Waals surface area contributed by atoms with Gasteiger partial charge in [0.1, 0.15) is 11.6 Å². The van der Waals surface area contributed by atoms with E-state index in [-0.39, 0.29) is 11.4 Å². The van der Waals surface area contributed by atoms with Crippen LogP contribution >= 0.6 is 0 Å². The fraction of sp³-hybridized carbons (Fsp3) is 0.235. The van der Waals surface area contributed by atoms with Crippen LogP contribution in [0.5, 0.6) is 5.75 Å². The first kappa shape index (κ1) is 18.9. The highest BCUT2D eigenvalue weighted by Gasteiger charge is 2.18. The number of hydrogen-bond donors (Lipinski definition) is 2. The van der Waals surface area contributed by atoms with Gasteiger partial charge in [0.05, 0.1) is 18.6 Å². The summed E-state index contributed by atoms with van der Waals surface area (Å²) >= 11 is 0. The first-order valence-electron chi connectivity index (χ1n) is 7.48. The van der Waals surface area contributed by atoms with Crippen molar-refractivity contribution in [3.05, 3.63) is 59.4 Å². The highest BCUT2D eigenvalue weighted by atomic mass is 32.2. The van der Waals surface area contributed by atoms with Crippen molar-refractivity contribution in [1.82, 2.24) is 10.0 Å². The van der Waals surface area contributed by atoms with Crippen LogP contribution in [-0.2, 0) is 21.4 Å². The fourth-order valence-electron chi connectivity index (χ4n) is 2.19. The van der Waals surface area contributed by atoms with Gasteiger partial charge < -0.3 is 10.1 Å². The zero-order chi connectivity index (χ0) is 18.4. The van der Waals surface area contributed by atoms with E-state index in [9.17, 15) is 17.6 Å². The third kappa shape index (κ3) is 5.01. The van der Waals surface area contributed by atoms with Crippen molar-refractivity contribution in [2.75, 3.05) is 13.7 Å². The Bertz CT molecular complexity index is 869. The summed E-state index contributed by atoms with van der Waals surface area (Å²) in [5.41, 5.74) is 0.823. The normalized spacial score (nSPS) is 11.2. The molecule has 0 heterocycles. The lowest BCUT2D eigenvalue weighted by atomic mass is 10.2. The highest BCUT2D eigenvalue weighted by molar-refractivity contribution is 7.89. The van der Waals surface area contributed by atoms with Crippen molar-refractivity contribution in [3.8, 4) is 5.75 Å². The Kier molecular flexibility index (Phi) is 6.11. The maximum Gasteiger partial charge on any atom is 0.241 e. The minimum atomic E-state index is -3.84. The van der Waals surface area contributed by atoms with E-state index in [1.54, 1.807) is 31.2 Å². The van der Waals surface area contributed by atoms with E-state index < -0.39 is 28.3 Å². The number of carbonyl (C=O) groups excluding carboxylic acids is 1. The van der Waals surface area contributed by atoms with Crippen molar-refractivity contribution in [2.24, 2.45) is 0 Å². The summed E-state index contributed by atoms with van der Waals surface area (Å²) in [6, 6.07) is 10.6. The number of halogens is 1. The lowest BCUT2D eigenvalue weighted by Gasteiger charge is -2.11. The first-order chi connectivity index (χ1) is 11.8. The molecule has 0 saturated heterocycles. The average Bonchev–Trinajstić information content (AvgIpc) is 2.59. The molecule has 25 heavy (non-hydrogen) atoms. The number of amides is 1. The van der Waals surface area contributed by atoms with Crippen molar-refractivity contribution in [2.45, 2.75) is 18.4 Å². The van der Waals surface area contributed by atoms with Gasteiger partial charge in [-0.05, 0) is 36.8 Å². The Balaban J connectivity index is 1.95. The number of benzene rings is 2. The van der Waals surface area contributed by atoms with Crippen LogP contribution in [0, 0.1) is 12.7 Å². The van der Waals surface area contributed by atoms with E-state index in [4.69, 9.17) is 4.74 Å². The Morgan fingerprint density at radius 1 is 1.20 bits per heavy atom. The van der Waals surface area contributed by atoms with Gasteiger partial charge in [0.15, 0.2) is 0 Å². The summed E-state index contributed by atoms with van der Waals surface area (Å²) in [4.78, 5) is 11.9. The minimum Gasteiger partial charge on any atom is -0.497 e. The van der Waals surface area contributed by atoms with Crippen molar-refractivity contribution in [3.63, 3.8) is 0 Å². The molecule has 134 valence electrons. The average molecular weight is 366 g/mol. The number of rotatable bonds is 7. The summed E-state index contributed by atoms with van der Waals surface area (Å²) in [6.45, 7) is 1.17. The second-order valence-electron chi connectivity index (χ2n) is 5.32. The molecule has 0 bridgehead atoms. The van der Waals surface area contributed by atoms with Gasteiger partial charge in [-0.2, -0.15) is 0 Å². The van der Waals surface area contributed by atoms with Gasteiger partial charge in [0, 0.05) is 12.1 Å². The summed E-state index contributed by atoms with van der Waals surface area (Å²) in [7, 11) is -2.36. The first-order valence-corrected chi connectivity index (χ1v) is 8.96. The van der Waals surface area contributed by atoms with Crippen LogP contribution in [0.25, 0.3) is 0 Å². The third-order valence-corrected chi connectivity index (χ3v) is 5.09. The SMILES string of the molecule is COc1ccc(S(=O)(=O)NCC(=O)NCc2ccccc2F)c(C)c1. The molecular formula is C17H19FN2O4S. The molecule has 0 fully saturated rings. The maximum absolute atomic E-state index is 13.5. The van der Waals surface area contributed by atoms with Crippen LogP contribution in [0.15, 0.2) is 47.4 Å². The standard InChI is InChI=1S/C17H19FN2O4S/c1-12-9-14(24-2)7-8-16(12)25(22,23)20-11-17(21)19-10-13-5-3-4-6-15(13)18/h3-9,20H,10-11H2,1-2H3,(H,19,21). The number of ether oxygens (including phenoxy) is 1. The zero-order valence-corrected chi connectivity index (χ0v) is 14.7. The lowest BCUT2D eigenvalue weighted by molar-refractivity contribution is -0.120. The smallest absolute Gasteiger partial charge is 0.241 e. The van der Waals surface area contributed by atoms with Gasteiger partial charge in [-0.15, -0.1) is 0 Å². The van der Waals surface area contributed by atoms with Crippen LogP contribution in [0.2, 0.25) is 0 Å². The maximum atomic E-state index is 13.5. The van der Waals surface area contributed by atoms with Crippen LogP contribution in [0.1, 0.15) is 11.1 Å². The Morgan fingerprint density at radius 2 is 1.92 bits per heavy atom. The molecular weight excluding hydrogens is 347 g/mol. The van der Waals surface area contributed by atoms with E-state index in [2.05, 4.69) is 10.0 Å². The Labute approximate surface area is 146 Å². The number of nitrogens with one attached hydrogen (secondary N) is 2. The van der Waals surface area contributed by atoms with E-state index in [0.717, 1.165) is 0 Å². The number of methoxy groups -OCH3 is 1. The largest absolute Gasteiger partial charge is 0.497 e. The molecule has 0 aromatic heterocycles. The predicted octanol–water partition coefficient (Wildman–Crippen LogP) is 1.74. The van der Waals surface area contributed by atoms with E-state index in [0.29, 0.717) is 16.9 Å². The minimum absolute atomic E-state index is 0.0190. The summed E-state index contributed by atoms with van der Waals surface area (Å²) in [5.74, 6) is -0.450. The van der Waals surface area contributed by atoms with Gasteiger partial charge in [-0.3, -0.25) is 4.79 Å². The van der Waals surface area contributed by atoms with E-state index in [1.165, 1.54) is 25.3 Å². The Hall–Kier alpha value is -2.45. The number of aryl methyl sites for hydroxylation is 1. The van der Waals surface area contributed by atoms with Gasteiger partial charge in [0.2, 0.25) is 15.9 Å². The molecule has 2 rings (SSSR count). The molecule has 0 atom stereocenters. The molecule has 0 saturated carbocycles. The van der Waals surface area contributed by atoms with Crippen molar-refractivity contribution >= 4 is 15.9 Å². The second-order valence-corrected chi connectivity index (χ2v) is 7.06. The monoisotopic (exact) mass is 366 g/mol. The van der Waals surface area contributed by atoms with Crippen LogP contribution in [0.4, 0.5) is 4.39 Å². The number of sulfonamides is 1.